The van der Waals surface area contributed by atoms with Gasteiger partial charge in [0, 0.05) is 6.42 Å². The number of nitrogens with zero attached hydrogens (tertiary/aromatic N) is 1. The molecule has 9 heteroatoms. The Bertz CT molecular complexity index is 1420. The molecule has 9 nitrogen and oxygen atoms in total. The molecule has 2 unspecified atom stereocenters. The number of rotatable bonds is 55. The molecule has 0 saturated carbocycles. The molecule has 0 aromatic carbocycles. The van der Waals surface area contributed by atoms with Gasteiger partial charge in [-0.3, -0.25) is 9.59 Å². The number of esters is 2. The largest absolute Gasteiger partial charge is 0.477 e. The van der Waals surface area contributed by atoms with Crippen LogP contribution >= 0.6 is 0 Å². The fourth-order valence-electron chi connectivity index (χ4n) is 8.38. The van der Waals surface area contributed by atoms with Gasteiger partial charge in [0.25, 0.3) is 6.29 Å². The minimum absolute atomic E-state index is 0.0268. The minimum Gasteiger partial charge on any atom is -0.477 e. The van der Waals surface area contributed by atoms with Crippen molar-refractivity contribution in [2.75, 3.05) is 47.5 Å². The summed E-state index contributed by atoms with van der Waals surface area (Å²) in [4.78, 5) is 37.3. The van der Waals surface area contributed by atoms with Gasteiger partial charge in [0.15, 0.2) is 6.10 Å². The van der Waals surface area contributed by atoms with Crippen LogP contribution in [0.5, 0.6) is 0 Å². The summed E-state index contributed by atoms with van der Waals surface area (Å²) in [6.07, 6.45) is 69.1. The van der Waals surface area contributed by atoms with E-state index in [4.69, 9.17) is 18.9 Å². The standard InChI is InChI=1S/C64H113NO8/c1-6-8-10-12-14-16-18-20-22-23-24-25-26-27-28-29-30-31-32-33-34-35-36-37-38-39-41-42-44-46-48-50-52-54-61(66)71-58-60(59-72-64(63(68)69)70-57-56-65(3,4)5)73-62(67)55-53-51-49-47-45-43-40-21-19-17-15-13-11-9-7-2/h9,11,15,17,21,23-24,40,45,47,51,53,60,64H,6-8,10,12-14,16,18-20,22,25-39,41-44,46,48-50,52,54-59H2,1-5H3/p+1/b11-9-,17-15-,24-23-,40-21-,47-45-,53-51-. The molecule has 0 saturated heterocycles. The van der Waals surface area contributed by atoms with Gasteiger partial charge < -0.3 is 28.5 Å². The van der Waals surface area contributed by atoms with Crippen molar-refractivity contribution in [3.63, 3.8) is 0 Å². The highest BCUT2D eigenvalue weighted by molar-refractivity contribution is 5.72. The number of ether oxygens (including phenoxy) is 4. The van der Waals surface area contributed by atoms with Crippen molar-refractivity contribution in [3.8, 4) is 0 Å². The molecule has 0 aliphatic rings. The summed E-state index contributed by atoms with van der Waals surface area (Å²) < 4.78 is 22.7. The van der Waals surface area contributed by atoms with E-state index in [0.717, 1.165) is 44.9 Å². The van der Waals surface area contributed by atoms with E-state index in [1.54, 1.807) is 6.08 Å². The Morgan fingerprint density at radius 2 is 0.822 bits per heavy atom. The third-order valence-corrected chi connectivity index (χ3v) is 13.0. The zero-order chi connectivity index (χ0) is 53.4. The average Bonchev–Trinajstić information content (AvgIpc) is 3.36. The number of carbonyl (C=O) groups is 3. The second-order valence-electron chi connectivity index (χ2n) is 21.3. The van der Waals surface area contributed by atoms with E-state index >= 15 is 0 Å². The number of quaternary nitrogens is 1. The van der Waals surface area contributed by atoms with Crippen molar-refractivity contribution in [2.45, 2.75) is 270 Å². The zero-order valence-corrected chi connectivity index (χ0v) is 48.0. The Morgan fingerprint density at radius 3 is 1.22 bits per heavy atom. The molecule has 0 fully saturated rings. The summed E-state index contributed by atoms with van der Waals surface area (Å²) in [5.74, 6) is -2.17. The van der Waals surface area contributed by atoms with Crippen molar-refractivity contribution in [3.05, 3.63) is 72.9 Å². The molecule has 1 N–H and O–H groups in total. The Balaban J connectivity index is 4.10. The van der Waals surface area contributed by atoms with Gasteiger partial charge in [0.1, 0.15) is 13.2 Å². The summed E-state index contributed by atoms with van der Waals surface area (Å²) in [5.41, 5.74) is 0. The molecule has 0 spiro atoms. The third-order valence-electron chi connectivity index (χ3n) is 13.0. The number of carbonyl (C=O) groups excluding carboxylic acids is 2. The number of hydrogen-bond donors (Lipinski definition) is 1. The summed E-state index contributed by atoms with van der Waals surface area (Å²) in [6, 6.07) is 0. The lowest BCUT2D eigenvalue weighted by atomic mass is 10.0. The molecule has 422 valence electrons. The predicted octanol–water partition coefficient (Wildman–Crippen LogP) is 17.8. The molecule has 0 amide bonds. The highest BCUT2D eigenvalue weighted by atomic mass is 16.7. The number of aliphatic carboxylic acids is 1. The Kier molecular flexibility index (Phi) is 52.5. The topological polar surface area (TPSA) is 108 Å². The number of allylic oxidation sites excluding steroid dienone is 11. The second-order valence-corrected chi connectivity index (χ2v) is 21.3. The fourth-order valence-corrected chi connectivity index (χ4v) is 8.38. The van der Waals surface area contributed by atoms with E-state index < -0.39 is 24.3 Å². The van der Waals surface area contributed by atoms with E-state index in [2.05, 4.69) is 68.5 Å². The predicted molar refractivity (Wildman–Crippen MR) is 309 cm³/mol. The number of hydrogen-bond acceptors (Lipinski definition) is 7. The summed E-state index contributed by atoms with van der Waals surface area (Å²) in [5, 5.41) is 9.68. The number of unbranched alkanes of at least 4 members (excludes halogenated alkanes) is 29. The van der Waals surface area contributed by atoms with Gasteiger partial charge in [-0.2, -0.15) is 0 Å². The van der Waals surface area contributed by atoms with E-state index in [1.165, 1.54) is 180 Å². The van der Waals surface area contributed by atoms with Crippen LogP contribution in [0.15, 0.2) is 72.9 Å². The fraction of sp³-hybridized carbons (Fsp3) is 0.766. The van der Waals surface area contributed by atoms with Gasteiger partial charge in [-0.25, -0.2) is 4.79 Å². The molecule has 0 rings (SSSR count). The van der Waals surface area contributed by atoms with Gasteiger partial charge in [0.2, 0.25) is 0 Å². The van der Waals surface area contributed by atoms with Gasteiger partial charge in [-0.15, -0.1) is 0 Å². The Labute approximate surface area is 449 Å². The lowest BCUT2D eigenvalue weighted by molar-refractivity contribution is -0.870. The number of likely N-dealkylation sites (N-methyl/N-ethyl adjacent to an activating group) is 1. The van der Waals surface area contributed by atoms with Crippen LogP contribution in [0.1, 0.15) is 258 Å². The normalized spacial score (nSPS) is 13.3. The summed E-state index contributed by atoms with van der Waals surface area (Å²) in [6.45, 7) is 4.66. The summed E-state index contributed by atoms with van der Waals surface area (Å²) >= 11 is 0. The average molecular weight is 1030 g/mol. The Hall–Kier alpha value is -3.27. The molecule has 0 aromatic heterocycles. The SMILES string of the molecule is CC/C=C\C/C=C\C/C=C\C/C=C\C/C=C\CC(=O)OC(COC(=O)CCCCCCCCCCCCCCCCCCCCCCC/C=C\CCCCCCCCCC)COC(OCC[N+](C)(C)C)C(=O)O. The van der Waals surface area contributed by atoms with Gasteiger partial charge in [-0.05, 0) is 64.2 Å². The molecular formula is C64H114NO8+. The van der Waals surface area contributed by atoms with Gasteiger partial charge in [0.05, 0.1) is 40.8 Å². The van der Waals surface area contributed by atoms with Crippen LogP contribution in [0.2, 0.25) is 0 Å². The van der Waals surface area contributed by atoms with E-state index in [9.17, 15) is 19.5 Å². The van der Waals surface area contributed by atoms with Crippen LogP contribution in [0, 0.1) is 0 Å². The maximum absolute atomic E-state index is 12.8. The van der Waals surface area contributed by atoms with Crippen LogP contribution in [0.25, 0.3) is 0 Å². The maximum atomic E-state index is 12.8. The van der Waals surface area contributed by atoms with Crippen molar-refractivity contribution in [2.24, 2.45) is 0 Å². The quantitative estimate of drug-likeness (QED) is 0.0211. The molecule has 0 radical (unpaired) electrons. The van der Waals surface area contributed by atoms with Gasteiger partial charge in [-0.1, -0.05) is 254 Å². The third kappa shape index (κ3) is 56.3. The second kappa shape index (κ2) is 55.0. The first-order valence-electron chi connectivity index (χ1n) is 30.1. The molecular weight excluding hydrogens is 911 g/mol. The van der Waals surface area contributed by atoms with Crippen molar-refractivity contribution in [1.82, 2.24) is 0 Å². The highest BCUT2D eigenvalue weighted by Gasteiger charge is 2.25. The molecule has 0 aliphatic heterocycles. The monoisotopic (exact) mass is 1020 g/mol. The first kappa shape index (κ1) is 69.7. The maximum Gasteiger partial charge on any atom is 0.361 e. The molecule has 0 aromatic rings. The van der Waals surface area contributed by atoms with Crippen LogP contribution in [-0.2, 0) is 33.3 Å². The summed E-state index contributed by atoms with van der Waals surface area (Å²) in [7, 11) is 5.94. The molecule has 0 heterocycles. The first-order valence-corrected chi connectivity index (χ1v) is 30.1. The van der Waals surface area contributed by atoms with Crippen LogP contribution in [0.3, 0.4) is 0 Å². The van der Waals surface area contributed by atoms with Crippen molar-refractivity contribution >= 4 is 17.9 Å². The van der Waals surface area contributed by atoms with E-state index in [0.29, 0.717) is 17.4 Å². The van der Waals surface area contributed by atoms with Crippen molar-refractivity contribution in [1.29, 1.82) is 0 Å². The van der Waals surface area contributed by atoms with Crippen LogP contribution < -0.4 is 0 Å². The minimum atomic E-state index is -1.54. The number of carboxylic acids is 1. The first-order chi connectivity index (χ1) is 35.6. The van der Waals surface area contributed by atoms with Crippen molar-refractivity contribution < 1.29 is 42.9 Å². The lowest BCUT2D eigenvalue weighted by Gasteiger charge is -2.25. The molecule has 0 aliphatic carbocycles. The van der Waals surface area contributed by atoms with Crippen LogP contribution in [0.4, 0.5) is 0 Å². The Morgan fingerprint density at radius 1 is 0.438 bits per heavy atom. The van der Waals surface area contributed by atoms with Gasteiger partial charge >= 0.3 is 17.9 Å². The van der Waals surface area contributed by atoms with E-state index in [1.807, 2.05) is 33.3 Å². The van der Waals surface area contributed by atoms with Crippen LogP contribution in [-0.4, -0.2) is 87.4 Å². The lowest BCUT2D eigenvalue weighted by Crippen LogP contribution is -2.40. The molecule has 2 atom stereocenters. The molecule has 0 bridgehead atoms. The number of carboxylic acid groups (broad SMARTS) is 1. The zero-order valence-electron chi connectivity index (χ0n) is 48.0. The smallest absolute Gasteiger partial charge is 0.361 e. The van der Waals surface area contributed by atoms with E-state index in [-0.39, 0.29) is 38.6 Å². The molecule has 73 heavy (non-hydrogen) atoms. The highest BCUT2D eigenvalue weighted by Crippen LogP contribution is 2.17.